The van der Waals surface area contributed by atoms with Crippen LogP contribution >= 0.6 is 15.0 Å². The highest BCUT2D eigenvalue weighted by Crippen LogP contribution is 2.57. The van der Waals surface area contributed by atoms with Gasteiger partial charge in [0.2, 0.25) is 0 Å². The molecule has 2 unspecified atom stereocenters. The van der Waals surface area contributed by atoms with Crippen molar-refractivity contribution in [3.05, 3.63) is 198 Å². The number of nitriles is 1. The molecule has 30 heteroatoms. The lowest BCUT2D eigenvalue weighted by Crippen LogP contribution is -2.51. The summed E-state index contributed by atoms with van der Waals surface area (Å²) in [7, 11) is -5.99. The molecular weight excluding hydrogens is 1380 g/mol. The molecule has 2 N–H and O–H groups in total. The minimum atomic E-state index is -4.33. The molecule has 2 aliphatic heterocycles. The van der Waals surface area contributed by atoms with Gasteiger partial charge in [-0.05, 0) is 101 Å². The molecule has 0 aliphatic carbocycles. The second-order valence-electron chi connectivity index (χ2n) is 27.5. The van der Waals surface area contributed by atoms with Crippen LogP contribution in [0.4, 0.5) is 5.82 Å². The van der Waals surface area contributed by atoms with Crippen molar-refractivity contribution in [1.82, 2.24) is 39.0 Å². The number of fused-ring (bicyclic) bond motifs is 2. The Hall–Kier alpha value is -7.79. The Morgan fingerprint density at radius 1 is 0.634 bits per heavy atom. The molecule has 4 aromatic heterocycles. The second-order valence-corrected chi connectivity index (χ2v) is 40.6. The van der Waals surface area contributed by atoms with Crippen LogP contribution < -0.4 is 14.8 Å². The minimum Gasteiger partial charge on any atom is -0.497 e. The maximum atomic E-state index is 13.8. The number of rotatable bonds is 29. The number of nitrogens with zero attached hydrogens (tertiary/aromatic N) is 9. The summed E-state index contributed by atoms with van der Waals surface area (Å²) in [5.41, 5.74) is 3.14. The van der Waals surface area contributed by atoms with E-state index < -0.39 is 109 Å². The normalized spacial score (nSPS) is 20.5. The molecule has 0 bridgehead atoms. The molecule has 9 aromatic rings. The largest absolute Gasteiger partial charge is 0.695 e. The summed E-state index contributed by atoms with van der Waals surface area (Å²) in [5.74, 6) is 0.727. The number of amides is 1. The van der Waals surface area contributed by atoms with Crippen LogP contribution in [0.25, 0.3) is 22.3 Å². The average Bonchev–Trinajstić information content (AvgIpc) is 1.64. The van der Waals surface area contributed by atoms with Crippen LogP contribution in [0.1, 0.15) is 104 Å². The van der Waals surface area contributed by atoms with Crippen molar-refractivity contribution < 1.29 is 69.7 Å². The fourth-order valence-corrected chi connectivity index (χ4v) is 16.8. The highest BCUT2D eigenvalue weighted by atomic mass is 32.5. The highest BCUT2D eigenvalue weighted by Gasteiger charge is 2.58. The summed E-state index contributed by atoms with van der Waals surface area (Å²) in [6.07, 6.45) is -4.29. The SMILES string of the molecule is COc1ccc(C(OC[C@H]2O[C@@H](n3cnc4c(NC(=O)c5ccccc5)ncnc43)[C@H](OP(=S)(OCCC#N)OC[C@H]3O[C@@H](n4cnc5c(CC(=O)c6ccccc6)ncnc54)[C@H](O[Si](C)(C)C(C)(C)C)[C@@H]3O[P+](=O)O)[C@@H]2O[Si](C)(C)C(C)(C)C)(c2ccccc2)c2ccc(OC)cc2)cc1. The lowest BCUT2D eigenvalue weighted by molar-refractivity contribution is -0.0930. The third-order valence-corrected chi connectivity index (χ3v) is 30.8. The van der Waals surface area contributed by atoms with Gasteiger partial charge in [-0.3, -0.25) is 23.2 Å². The number of carbonyl (C=O) groups is 2. The number of ether oxygens (including phenoxy) is 5. The molecule has 530 valence electrons. The smallest absolute Gasteiger partial charge is 0.497 e. The zero-order valence-corrected chi connectivity index (χ0v) is 62.8. The molecule has 11 rings (SSSR count). The van der Waals surface area contributed by atoms with Gasteiger partial charge >= 0.3 is 15.0 Å². The van der Waals surface area contributed by atoms with E-state index in [1.165, 1.54) is 25.3 Å². The first-order valence-electron chi connectivity index (χ1n) is 32.9. The van der Waals surface area contributed by atoms with E-state index in [0.29, 0.717) is 33.8 Å². The Kier molecular flexibility index (Phi) is 22.9. The number of aromatic nitrogens is 8. The van der Waals surface area contributed by atoms with Crippen molar-refractivity contribution in [3.8, 4) is 17.6 Å². The lowest BCUT2D eigenvalue weighted by atomic mass is 9.80. The van der Waals surface area contributed by atoms with Crippen LogP contribution in [0.15, 0.2) is 165 Å². The van der Waals surface area contributed by atoms with E-state index in [2.05, 4.69) is 81.0 Å². The number of ketones is 1. The first-order chi connectivity index (χ1) is 48.2. The summed E-state index contributed by atoms with van der Waals surface area (Å²) in [6.45, 7) is 15.4. The third-order valence-electron chi connectivity index (χ3n) is 19.0. The fraction of sp³-hybridized carbons (Fsp3) is 0.394. The van der Waals surface area contributed by atoms with Gasteiger partial charge in [-0.15, -0.1) is 9.42 Å². The zero-order valence-electron chi connectivity index (χ0n) is 58.2. The monoisotopic (exact) mass is 1470 g/mol. The van der Waals surface area contributed by atoms with E-state index in [4.69, 9.17) is 77.4 Å². The van der Waals surface area contributed by atoms with E-state index in [9.17, 15) is 24.3 Å². The first kappa shape index (κ1) is 74.4. The highest BCUT2D eigenvalue weighted by molar-refractivity contribution is 8.07. The lowest BCUT2D eigenvalue weighted by Gasteiger charge is -2.42. The first-order valence-corrected chi connectivity index (χ1v) is 42.4. The van der Waals surface area contributed by atoms with E-state index in [1.54, 1.807) is 71.9 Å². The molecule has 10 atom stereocenters. The molecule has 2 aliphatic rings. The number of carbonyl (C=O) groups excluding carboxylic acids is 2. The van der Waals surface area contributed by atoms with Gasteiger partial charge in [0.1, 0.15) is 65.8 Å². The summed E-state index contributed by atoms with van der Waals surface area (Å²) < 4.78 is 91.7. The van der Waals surface area contributed by atoms with E-state index in [1.807, 2.05) is 104 Å². The number of Topliss-reactive ketones (excluding diaryl/α,β-unsaturated/α-hetero) is 1. The Balaban J connectivity index is 1.03. The molecule has 0 spiro atoms. The molecule has 101 heavy (non-hydrogen) atoms. The Morgan fingerprint density at radius 3 is 1.67 bits per heavy atom. The van der Waals surface area contributed by atoms with Gasteiger partial charge < -0.3 is 46.9 Å². The van der Waals surface area contributed by atoms with Crippen molar-refractivity contribution >= 4 is 83.3 Å². The van der Waals surface area contributed by atoms with Gasteiger partial charge in [0.25, 0.3) is 5.91 Å². The van der Waals surface area contributed by atoms with Gasteiger partial charge in [-0.1, -0.05) is 145 Å². The molecule has 0 radical (unpaired) electrons. The van der Waals surface area contributed by atoms with Crippen molar-refractivity contribution in [2.24, 2.45) is 0 Å². The van der Waals surface area contributed by atoms with Crippen LogP contribution in [0.3, 0.4) is 0 Å². The number of nitrogens with one attached hydrogen (secondary N) is 1. The zero-order chi connectivity index (χ0) is 72.1. The minimum absolute atomic E-state index is 0.0951. The Bertz CT molecular complexity index is 4420. The van der Waals surface area contributed by atoms with Gasteiger partial charge in [-0.25, -0.2) is 29.9 Å². The number of methoxy groups -OCH3 is 2. The number of anilines is 1. The number of hydrogen-bond acceptors (Lipinski definition) is 22. The van der Waals surface area contributed by atoms with Gasteiger partial charge in [0.05, 0.1) is 71.3 Å². The summed E-state index contributed by atoms with van der Waals surface area (Å²) in [5, 5.41) is 12.2. The number of benzene rings is 5. The molecule has 5 aromatic carbocycles. The van der Waals surface area contributed by atoms with Gasteiger partial charge in [0, 0.05) is 15.7 Å². The second kappa shape index (κ2) is 31.0. The quantitative estimate of drug-likeness (QED) is 0.0145. The molecule has 1 amide bonds. The Labute approximate surface area is 594 Å². The maximum absolute atomic E-state index is 13.8. The number of imidazole rings is 2. The van der Waals surface area contributed by atoms with Gasteiger partial charge in [0.15, 0.2) is 63.6 Å². The van der Waals surface area contributed by atoms with Crippen LogP contribution in [0.2, 0.25) is 36.3 Å². The van der Waals surface area contributed by atoms with Crippen molar-refractivity contribution in [3.63, 3.8) is 0 Å². The summed E-state index contributed by atoms with van der Waals surface area (Å²) in [4.78, 5) is 66.2. The van der Waals surface area contributed by atoms with Crippen LogP contribution in [0, 0.1) is 11.3 Å². The van der Waals surface area contributed by atoms with Crippen molar-refractivity contribution in [2.75, 3.05) is 39.4 Å². The number of hydrogen-bond donors (Lipinski definition) is 2. The van der Waals surface area contributed by atoms with Gasteiger partial charge in [-0.2, -0.15) is 5.26 Å². The average molecular weight is 1470 g/mol. The Morgan fingerprint density at radius 2 is 1.13 bits per heavy atom. The van der Waals surface area contributed by atoms with Crippen molar-refractivity contribution in [1.29, 1.82) is 5.26 Å². The van der Waals surface area contributed by atoms with Crippen LogP contribution in [0.5, 0.6) is 11.5 Å². The summed E-state index contributed by atoms with van der Waals surface area (Å²) in [6, 6.07) is 44.7. The van der Waals surface area contributed by atoms with E-state index in [0.717, 1.165) is 16.7 Å². The van der Waals surface area contributed by atoms with E-state index in [-0.39, 0.29) is 54.5 Å². The van der Waals surface area contributed by atoms with E-state index >= 15 is 0 Å². The van der Waals surface area contributed by atoms with Crippen molar-refractivity contribution in [2.45, 2.75) is 145 Å². The topological polar surface area (TPSA) is 296 Å². The molecule has 0 saturated carbocycles. The molecule has 25 nitrogen and oxygen atoms in total. The fourth-order valence-electron chi connectivity index (χ4n) is 11.7. The standard InChI is InChI=1S/C71H82N10O15P2SSi2/c1-69(2,3)100(9,10)95-60-55(40-88-71(48-27-20-15-21-28-48,49-29-33-51(86-7)34-30-49)50-31-35-52(87-8)36-32-50)91-67(81-45-78-58-63(74-43-76-65(58)81)79-66(83)47-25-18-14-19-26-47)61(60)94-98(99,89-38-22-37-72)90-41-56-59(93-97(84)85)62(96-101(11,12)70(4,5)6)68(92-56)80-44-77-57-53(73-42-75-64(57)80)39-54(82)46-23-16-13-17-24-46/h13-21,23-36,42-45,55-56,59-62,67-68H,22,38-41H2,1-12H3,(H-,74,76,79,83,84,85)/p+1/t55-,56-,59-,60-,61-,62-,67-,68-,98?/m1/s1. The maximum Gasteiger partial charge on any atom is 0.695 e. The predicted octanol–water partition coefficient (Wildman–Crippen LogP) is 13.5. The van der Waals surface area contributed by atoms with Crippen LogP contribution in [-0.2, 0) is 69.6 Å². The summed E-state index contributed by atoms with van der Waals surface area (Å²) >= 11 is 6.59. The predicted molar refractivity (Wildman–Crippen MR) is 386 cm³/mol. The molecule has 2 fully saturated rings. The molecule has 6 heterocycles. The van der Waals surface area contributed by atoms with Crippen LogP contribution in [-0.4, -0.2) is 143 Å². The third kappa shape index (κ3) is 16.2. The molecular formula is C71H83N10O15P2SSi2+. The molecule has 2 saturated heterocycles.